The first-order valence-corrected chi connectivity index (χ1v) is 0. The fourth-order valence-electron chi connectivity index (χ4n) is 0. The molecule has 0 aromatic heterocycles. The molecule has 0 N–H and O–H groups in total. The van der Waals surface area contributed by atoms with Crippen LogP contribution in [-0.4, -0.2) is 0 Å². The van der Waals surface area contributed by atoms with Crippen molar-refractivity contribution in [1.82, 2.24) is 0 Å². The molecule has 5 heavy (non-hydrogen) atoms. The minimum Gasteiger partial charge on any atom is -2.00 e. The Hall–Kier alpha value is 2.14. The van der Waals surface area contributed by atoms with Crippen LogP contribution < -0.4 is 0 Å². The summed E-state index contributed by atoms with van der Waals surface area (Å²) >= 11 is 0. The quantitative estimate of drug-likeness (QED) is 0.313. The zero-order valence-corrected chi connectivity index (χ0v) is 7.94. The van der Waals surface area contributed by atoms with Gasteiger partial charge in [-0.05, 0) is 0 Å². The summed E-state index contributed by atoms with van der Waals surface area (Å²) in [6, 6.07) is 0. The number of hydrogen-bond acceptors (Lipinski definition) is 1. The molecule has 0 atom stereocenters. The molecule has 0 bridgehead atoms. The number of thiol groups is 1. The van der Waals surface area contributed by atoms with Gasteiger partial charge in [-0.3, -0.25) is 0 Å². The van der Waals surface area contributed by atoms with E-state index in [1.165, 1.54) is 0 Å². The van der Waals surface area contributed by atoms with Gasteiger partial charge in [0.1, 0.15) is 0 Å². The molecule has 32 valence electrons. The Kier molecular flexibility index (Phi) is 416. The molecule has 0 aromatic carbocycles. The largest absolute Gasteiger partial charge is 5.00 e. The smallest absolute Gasteiger partial charge is 2.00 e. The third-order valence-electron chi connectivity index (χ3n) is 0. The van der Waals surface area contributed by atoms with Gasteiger partial charge in [0, 0.05) is 0 Å². The van der Waals surface area contributed by atoms with Crippen LogP contribution in [0.3, 0.4) is 0 Å². The first kappa shape index (κ1) is 58.8. The van der Waals surface area contributed by atoms with E-state index in [0.29, 0.717) is 0 Å². The van der Waals surface area contributed by atoms with Gasteiger partial charge in [0.15, 0.2) is 0 Å². The molecule has 0 nitrogen and oxygen atoms in total. The van der Waals surface area contributed by atoms with Crippen molar-refractivity contribution < 1.29 is 22.4 Å². The second-order valence-corrected chi connectivity index (χ2v) is 0. The fourth-order valence-corrected chi connectivity index (χ4v) is 0. The number of rotatable bonds is 0. The van der Waals surface area contributed by atoms with Crippen LogP contribution in [0.1, 0.15) is 0 Å². The Morgan fingerprint density at radius 3 is 0.800 bits per heavy atom. The predicted molar refractivity (Wildman–Crippen MR) is 33.9 cm³/mol. The molecule has 0 unspecified atom stereocenters. The zero-order valence-electron chi connectivity index (χ0n) is 2.21. The average Bonchev–Trinajstić information content (AvgIpc) is 0. The van der Waals surface area contributed by atoms with Crippen LogP contribution in [0.25, 0.3) is 0 Å². The molecule has 0 aliphatic rings. The maximum atomic E-state index is 0. The van der Waals surface area contributed by atoms with Crippen LogP contribution >= 0.6 is 13.5 Å². The van der Waals surface area contributed by atoms with Gasteiger partial charge in [-0.2, -0.15) is 13.5 Å². The van der Waals surface area contributed by atoms with Crippen molar-refractivity contribution in [1.29, 1.82) is 0 Å². The molecule has 0 fully saturated rings. The predicted octanol–water partition coefficient (Wildman–Crippen LogP) is -0.165. The van der Waals surface area contributed by atoms with Gasteiger partial charge in [0.2, 0.25) is 0 Å². The maximum absolute atomic E-state index is 0. The standard InChI is InChI=1S/Nb.2H2S.2S/h;2*1H2;;/q+5;;;2*-2/p-1. The third-order valence-corrected chi connectivity index (χ3v) is 0. The summed E-state index contributed by atoms with van der Waals surface area (Å²) in [6.45, 7) is 0. The minimum absolute atomic E-state index is 0. The molecule has 0 aliphatic carbocycles. The molecule has 0 aliphatic heterocycles. The van der Waals surface area contributed by atoms with Crippen molar-refractivity contribution in [3.63, 3.8) is 0 Å². The molecule has 0 heterocycles. The van der Waals surface area contributed by atoms with Crippen LogP contribution in [0.4, 0.5) is 0 Å². The molecule has 0 spiro atoms. The maximum Gasteiger partial charge on any atom is 5.00 e. The number of hydrogen-bond donors (Lipinski definition) is 0. The summed E-state index contributed by atoms with van der Waals surface area (Å²) in [4.78, 5) is 0. The Labute approximate surface area is 75.8 Å². The van der Waals surface area contributed by atoms with E-state index in [2.05, 4.69) is 0 Å². The Bertz CT molecular complexity index is 3.61. The van der Waals surface area contributed by atoms with E-state index in [0.717, 1.165) is 0 Å². The molecule has 0 saturated carbocycles. The van der Waals surface area contributed by atoms with E-state index >= 15 is 0 Å². The van der Waals surface area contributed by atoms with Gasteiger partial charge in [-0.1, -0.05) is 0 Å². The summed E-state index contributed by atoms with van der Waals surface area (Å²) in [6.07, 6.45) is 0. The van der Waals surface area contributed by atoms with Crippen LogP contribution in [0, 0.1) is 0 Å². The van der Waals surface area contributed by atoms with Gasteiger partial charge < -0.3 is 40.5 Å². The summed E-state index contributed by atoms with van der Waals surface area (Å²) in [5, 5.41) is 0. The monoisotopic (exact) mass is 224 g/mol. The summed E-state index contributed by atoms with van der Waals surface area (Å²) in [5.41, 5.74) is 0. The Morgan fingerprint density at radius 1 is 0.800 bits per heavy atom. The normalized spacial score (nSPS) is 0. The topological polar surface area (TPSA) is 0 Å². The molecule has 0 saturated heterocycles. The van der Waals surface area contributed by atoms with Crippen LogP contribution in [0.15, 0.2) is 0 Å². The zero-order chi connectivity index (χ0) is 0. The van der Waals surface area contributed by atoms with Crippen molar-refractivity contribution in [2.75, 3.05) is 0 Å². The first-order chi connectivity index (χ1) is 0. The fraction of sp³-hybridized carbons (Fsp3) is 0. The van der Waals surface area contributed by atoms with Crippen molar-refractivity contribution in [3.8, 4) is 0 Å². The Morgan fingerprint density at radius 2 is 0.800 bits per heavy atom. The molecule has 5 heteroatoms. The SMILES string of the molecule is S.[Nb+5].[S-2].[S-2].[SH-]. The van der Waals surface area contributed by atoms with Gasteiger partial charge in [-0.15, -0.1) is 0 Å². The van der Waals surface area contributed by atoms with Crippen LogP contribution in [0.5, 0.6) is 0 Å². The van der Waals surface area contributed by atoms with Gasteiger partial charge in [0.05, 0.1) is 0 Å². The van der Waals surface area contributed by atoms with E-state index in [1.807, 2.05) is 0 Å². The van der Waals surface area contributed by atoms with Crippen LogP contribution in [-0.2, 0) is 62.9 Å². The third kappa shape index (κ3) is 23.0. The van der Waals surface area contributed by atoms with E-state index in [-0.39, 0.29) is 76.4 Å². The average molecular weight is 224 g/mol. The molecule has 0 amide bonds. The summed E-state index contributed by atoms with van der Waals surface area (Å²) < 4.78 is 0. The van der Waals surface area contributed by atoms with E-state index in [9.17, 15) is 0 Å². The minimum atomic E-state index is 0. The van der Waals surface area contributed by atoms with Crippen molar-refractivity contribution in [2.45, 2.75) is 0 Å². The van der Waals surface area contributed by atoms with Crippen LogP contribution in [0.2, 0.25) is 0 Å². The molecular formula is H3NbS4. The molecule has 0 rings (SSSR count). The molecular weight excluding hydrogens is 221 g/mol. The second kappa shape index (κ2) is 35.4. The van der Waals surface area contributed by atoms with Crippen molar-refractivity contribution in [2.24, 2.45) is 0 Å². The summed E-state index contributed by atoms with van der Waals surface area (Å²) in [7, 11) is 0. The Balaban J connectivity index is 0. The van der Waals surface area contributed by atoms with Gasteiger partial charge >= 0.3 is 22.4 Å². The van der Waals surface area contributed by atoms with E-state index < -0.39 is 0 Å². The van der Waals surface area contributed by atoms with Gasteiger partial charge in [-0.25, -0.2) is 0 Å². The second-order valence-electron chi connectivity index (χ2n) is 0. The van der Waals surface area contributed by atoms with E-state index in [4.69, 9.17) is 0 Å². The van der Waals surface area contributed by atoms with E-state index in [1.54, 1.807) is 0 Å². The molecule has 0 radical (unpaired) electrons. The van der Waals surface area contributed by atoms with Gasteiger partial charge in [0.25, 0.3) is 0 Å². The van der Waals surface area contributed by atoms with Crippen molar-refractivity contribution >= 4 is 54.0 Å². The first-order valence-electron chi connectivity index (χ1n) is 0. The molecule has 0 aromatic rings. The van der Waals surface area contributed by atoms with Crippen molar-refractivity contribution in [3.05, 3.63) is 0 Å². The summed E-state index contributed by atoms with van der Waals surface area (Å²) in [5.74, 6) is 0.